The van der Waals surface area contributed by atoms with Crippen molar-refractivity contribution in [2.45, 2.75) is 58.0 Å². The second-order valence-electron chi connectivity index (χ2n) is 7.49. The first-order valence-electron chi connectivity index (χ1n) is 9.48. The molecule has 0 unspecified atom stereocenters. The topological polar surface area (TPSA) is 56.0 Å². The summed E-state index contributed by atoms with van der Waals surface area (Å²) in [5, 5.41) is 4.16. The number of nitrogens with zero attached hydrogens (tertiary/aromatic N) is 5. The van der Waals surface area contributed by atoms with Crippen molar-refractivity contribution in [2.75, 3.05) is 13.1 Å². The fourth-order valence-corrected chi connectivity index (χ4v) is 3.81. The first-order chi connectivity index (χ1) is 12.2. The Kier molecular flexibility index (Phi) is 4.59. The lowest BCUT2D eigenvalue weighted by Crippen LogP contribution is -2.39. The van der Waals surface area contributed by atoms with Crippen molar-refractivity contribution in [3.05, 3.63) is 36.2 Å². The van der Waals surface area contributed by atoms with Gasteiger partial charge in [0.1, 0.15) is 5.82 Å². The highest BCUT2D eigenvalue weighted by Gasteiger charge is 2.30. The molecule has 0 N–H and O–H groups in total. The third-order valence-corrected chi connectivity index (χ3v) is 5.55. The predicted molar refractivity (Wildman–Crippen MR) is 95.1 cm³/mol. The Bertz CT molecular complexity index is 708. The monoisotopic (exact) mass is 341 g/mol. The van der Waals surface area contributed by atoms with Crippen LogP contribution in [-0.4, -0.2) is 43.2 Å². The van der Waals surface area contributed by atoms with Gasteiger partial charge in [0, 0.05) is 62.8 Å². The van der Waals surface area contributed by atoms with Crippen LogP contribution in [0.5, 0.6) is 0 Å². The molecule has 1 amide bonds. The van der Waals surface area contributed by atoms with E-state index in [-0.39, 0.29) is 5.91 Å². The largest absolute Gasteiger partial charge is 0.343 e. The number of rotatable bonds is 6. The van der Waals surface area contributed by atoms with Crippen molar-refractivity contribution in [1.29, 1.82) is 0 Å². The summed E-state index contributed by atoms with van der Waals surface area (Å²) in [4.78, 5) is 19.0. The van der Waals surface area contributed by atoms with Crippen LogP contribution in [0.15, 0.2) is 24.7 Å². The van der Waals surface area contributed by atoms with Crippen LogP contribution in [0.1, 0.15) is 49.5 Å². The molecule has 2 aliphatic rings. The molecular formula is C19H27N5O. The third-order valence-electron chi connectivity index (χ3n) is 5.55. The average Bonchev–Trinajstić information content (AvgIpc) is 3.21. The number of aromatic nitrogens is 4. The molecule has 0 spiro atoms. The van der Waals surface area contributed by atoms with E-state index in [0.717, 1.165) is 32.5 Å². The number of piperidine rings is 1. The van der Waals surface area contributed by atoms with Gasteiger partial charge in [0.05, 0.1) is 0 Å². The minimum absolute atomic E-state index is 0.256. The van der Waals surface area contributed by atoms with Crippen LogP contribution in [0.25, 0.3) is 0 Å². The smallest absolute Gasteiger partial charge is 0.224 e. The van der Waals surface area contributed by atoms with Gasteiger partial charge in [-0.3, -0.25) is 9.48 Å². The van der Waals surface area contributed by atoms with Crippen LogP contribution in [0.3, 0.4) is 0 Å². The van der Waals surface area contributed by atoms with Gasteiger partial charge in [-0.2, -0.15) is 5.10 Å². The molecule has 0 atom stereocenters. The molecule has 6 heteroatoms. The zero-order valence-corrected chi connectivity index (χ0v) is 15.0. The van der Waals surface area contributed by atoms with Crippen LogP contribution in [0.2, 0.25) is 0 Å². The van der Waals surface area contributed by atoms with Crippen molar-refractivity contribution < 1.29 is 4.79 Å². The molecule has 1 aliphatic heterocycles. The van der Waals surface area contributed by atoms with Gasteiger partial charge in [-0.15, -0.1) is 0 Å². The molecular weight excluding hydrogens is 314 g/mol. The average molecular weight is 341 g/mol. The van der Waals surface area contributed by atoms with Gasteiger partial charge >= 0.3 is 0 Å². The van der Waals surface area contributed by atoms with Gasteiger partial charge < -0.3 is 9.47 Å². The zero-order chi connectivity index (χ0) is 17.2. The summed E-state index contributed by atoms with van der Waals surface area (Å²) < 4.78 is 4.25. The number of aryl methyl sites for hydroxylation is 2. The molecule has 2 fully saturated rings. The molecule has 0 bridgehead atoms. The van der Waals surface area contributed by atoms with Crippen LogP contribution in [0, 0.1) is 12.8 Å². The summed E-state index contributed by atoms with van der Waals surface area (Å²) in [5.74, 6) is 2.89. The summed E-state index contributed by atoms with van der Waals surface area (Å²) in [6.07, 6.45) is 11.0. The summed E-state index contributed by atoms with van der Waals surface area (Å²) >= 11 is 0. The van der Waals surface area contributed by atoms with Crippen molar-refractivity contribution >= 4 is 5.91 Å². The molecule has 2 aromatic rings. The van der Waals surface area contributed by atoms with Crippen LogP contribution in [0.4, 0.5) is 0 Å². The Labute approximate surface area is 148 Å². The fourth-order valence-electron chi connectivity index (χ4n) is 3.81. The van der Waals surface area contributed by atoms with E-state index in [1.54, 1.807) is 6.20 Å². The number of carbonyl (C=O) groups excluding carboxylic acids is 1. The van der Waals surface area contributed by atoms with Gasteiger partial charge in [0.15, 0.2) is 0 Å². The molecule has 0 radical (unpaired) electrons. The van der Waals surface area contributed by atoms with Crippen LogP contribution < -0.4 is 0 Å². The molecule has 25 heavy (non-hydrogen) atoms. The molecule has 2 aromatic heterocycles. The molecule has 134 valence electrons. The van der Waals surface area contributed by atoms with Gasteiger partial charge in [-0.05, 0) is 44.6 Å². The van der Waals surface area contributed by atoms with E-state index < -0.39 is 0 Å². The predicted octanol–water partition coefficient (Wildman–Crippen LogP) is 2.59. The summed E-state index contributed by atoms with van der Waals surface area (Å²) in [5.41, 5.74) is 1.28. The number of likely N-dealkylation sites (tertiary alicyclic amines) is 1. The van der Waals surface area contributed by atoms with E-state index in [1.165, 1.54) is 24.4 Å². The van der Waals surface area contributed by atoms with Gasteiger partial charge in [0.25, 0.3) is 0 Å². The lowest BCUT2D eigenvalue weighted by Gasteiger charge is -2.32. The lowest BCUT2D eigenvalue weighted by atomic mass is 9.96. The Morgan fingerprint density at radius 2 is 2.04 bits per heavy atom. The van der Waals surface area contributed by atoms with E-state index in [4.69, 9.17) is 0 Å². The van der Waals surface area contributed by atoms with Crippen molar-refractivity contribution in [2.24, 2.45) is 5.92 Å². The maximum absolute atomic E-state index is 12.4. The Morgan fingerprint density at radius 1 is 1.24 bits per heavy atom. The summed E-state index contributed by atoms with van der Waals surface area (Å²) in [7, 11) is 0. The fraction of sp³-hybridized carbons (Fsp3) is 0.632. The highest BCUT2D eigenvalue weighted by molar-refractivity contribution is 5.76. The van der Waals surface area contributed by atoms with Crippen LogP contribution >= 0.6 is 0 Å². The van der Waals surface area contributed by atoms with Gasteiger partial charge in [-0.25, -0.2) is 4.98 Å². The number of imidazole rings is 1. The highest BCUT2D eigenvalue weighted by atomic mass is 16.2. The standard InChI is InChI=1S/C19H27N5O/c1-15-13-20-19(17-3-4-17)24(15)14-16-5-10-22(11-6-16)18(25)7-12-23-9-2-8-21-23/h2,8-9,13,16-17H,3-7,10-12,14H2,1H3. The second-order valence-corrected chi connectivity index (χ2v) is 7.49. The minimum Gasteiger partial charge on any atom is -0.343 e. The van der Waals surface area contributed by atoms with E-state index in [1.807, 2.05) is 28.0 Å². The maximum Gasteiger partial charge on any atom is 0.224 e. The molecule has 1 saturated carbocycles. The van der Waals surface area contributed by atoms with E-state index in [9.17, 15) is 4.79 Å². The third kappa shape index (κ3) is 3.78. The van der Waals surface area contributed by atoms with Crippen molar-refractivity contribution in [1.82, 2.24) is 24.2 Å². The maximum atomic E-state index is 12.4. The Morgan fingerprint density at radius 3 is 2.72 bits per heavy atom. The SMILES string of the molecule is Cc1cnc(C2CC2)n1CC1CCN(C(=O)CCn2cccn2)CC1. The van der Waals surface area contributed by atoms with E-state index in [0.29, 0.717) is 24.8 Å². The minimum atomic E-state index is 0.256. The van der Waals surface area contributed by atoms with Gasteiger partial charge in [-0.1, -0.05) is 0 Å². The number of hydrogen-bond acceptors (Lipinski definition) is 3. The summed E-state index contributed by atoms with van der Waals surface area (Å²) in [6.45, 7) is 5.66. The van der Waals surface area contributed by atoms with Crippen molar-refractivity contribution in [3.63, 3.8) is 0 Å². The second kappa shape index (κ2) is 7.02. The molecule has 4 rings (SSSR count). The van der Waals surface area contributed by atoms with E-state index >= 15 is 0 Å². The first kappa shape index (κ1) is 16.4. The summed E-state index contributed by atoms with van der Waals surface area (Å²) in [6, 6.07) is 1.89. The molecule has 6 nitrogen and oxygen atoms in total. The Balaban J connectivity index is 1.27. The Hall–Kier alpha value is -2.11. The van der Waals surface area contributed by atoms with Crippen molar-refractivity contribution in [3.8, 4) is 0 Å². The zero-order valence-electron chi connectivity index (χ0n) is 15.0. The normalized spacial score (nSPS) is 18.7. The molecule has 0 aromatic carbocycles. The van der Waals surface area contributed by atoms with Gasteiger partial charge in [0.2, 0.25) is 5.91 Å². The highest BCUT2D eigenvalue weighted by Crippen LogP contribution is 2.40. The number of hydrogen-bond donors (Lipinski definition) is 0. The number of amides is 1. The first-order valence-corrected chi connectivity index (χ1v) is 9.48. The lowest BCUT2D eigenvalue weighted by molar-refractivity contribution is -0.132. The quantitative estimate of drug-likeness (QED) is 0.811. The van der Waals surface area contributed by atoms with Crippen LogP contribution in [-0.2, 0) is 17.9 Å². The molecule has 3 heterocycles. The molecule has 1 saturated heterocycles. The number of carbonyl (C=O) groups is 1. The molecule has 1 aliphatic carbocycles. The van der Waals surface area contributed by atoms with E-state index in [2.05, 4.69) is 21.6 Å².